The normalized spacial score (nSPS) is 11.7. The van der Waals surface area contributed by atoms with E-state index in [2.05, 4.69) is 15.5 Å². The van der Waals surface area contributed by atoms with Crippen molar-refractivity contribution in [3.05, 3.63) is 42.1 Å². The van der Waals surface area contributed by atoms with Gasteiger partial charge in [-0.15, -0.1) is 0 Å². The lowest BCUT2D eigenvalue weighted by molar-refractivity contribution is 0.896. The standard InChI is InChI=1S/C11H12N4/c1-13-15-11(12)10-7-6-8-4-2-3-5-9(8)14-10/h2-7,13H,1H3,(H2,12,15). The molecule has 0 spiro atoms. The Balaban J connectivity index is 2.51. The van der Waals surface area contributed by atoms with Crippen molar-refractivity contribution in [3.8, 4) is 0 Å². The highest BCUT2D eigenvalue weighted by molar-refractivity contribution is 5.97. The molecule has 0 radical (unpaired) electrons. The van der Waals surface area contributed by atoms with Crippen molar-refractivity contribution in [2.24, 2.45) is 10.8 Å². The van der Waals surface area contributed by atoms with Crippen molar-refractivity contribution in [1.82, 2.24) is 10.4 Å². The van der Waals surface area contributed by atoms with Gasteiger partial charge in [0.2, 0.25) is 0 Å². The summed E-state index contributed by atoms with van der Waals surface area (Å²) in [6, 6.07) is 11.7. The van der Waals surface area contributed by atoms with E-state index in [9.17, 15) is 0 Å². The maximum absolute atomic E-state index is 5.72. The van der Waals surface area contributed by atoms with Crippen LogP contribution in [0.1, 0.15) is 5.69 Å². The molecule has 76 valence electrons. The molecule has 2 rings (SSSR count). The van der Waals surface area contributed by atoms with Crippen LogP contribution in [0.2, 0.25) is 0 Å². The van der Waals surface area contributed by atoms with Crippen LogP contribution in [0, 0.1) is 0 Å². The van der Waals surface area contributed by atoms with Crippen LogP contribution in [0.4, 0.5) is 0 Å². The molecule has 0 saturated heterocycles. The lowest BCUT2D eigenvalue weighted by atomic mass is 10.2. The van der Waals surface area contributed by atoms with E-state index in [0.29, 0.717) is 11.5 Å². The van der Waals surface area contributed by atoms with Crippen LogP contribution < -0.4 is 11.2 Å². The zero-order valence-electron chi connectivity index (χ0n) is 8.44. The van der Waals surface area contributed by atoms with Crippen molar-refractivity contribution in [1.29, 1.82) is 0 Å². The second-order valence-electron chi connectivity index (χ2n) is 3.11. The fourth-order valence-electron chi connectivity index (χ4n) is 1.39. The maximum Gasteiger partial charge on any atom is 0.169 e. The monoisotopic (exact) mass is 200 g/mol. The zero-order valence-corrected chi connectivity index (χ0v) is 8.44. The number of nitrogens with zero attached hydrogens (tertiary/aromatic N) is 2. The highest BCUT2D eigenvalue weighted by atomic mass is 15.3. The third kappa shape index (κ3) is 1.88. The SMILES string of the molecule is CN/N=C(\N)c1ccc2ccccc2n1. The van der Waals surface area contributed by atoms with E-state index in [0.717, 1.165) is 10.9 Å². The summed E-state index contributed by atoms with van der Waals surface area (Å²) in [5, 5.41) is 4.98. The third-order valence-electron chi connectivity index (χ3n) is 2.09. The lowest BCUT2D eigenvalue weighted by Gasteiger charge is -2.01. The molecule has 0 bridgehead atoms. The molecule has 4 nitrogen and oxygen atoms in total. The second kappa shape index (κ2) is 3.96. The first-order valence-electron chi connectivity index (χ1n) is 4.67. The molecule has 0 aliphatic rings. The molecule has 0 atom stereocenters. The Bertz CT molecular complexity index is 505. The summed E-state index contributed by atoms with van der Waals surface area (Å²) in [5.41, 5.74) is 9.96. The Morgan fingerprint density at radius 3 is 2.87 bits per heavy atom. The van der Waals surface area contributed by atoms with E-state index in [4.69, 9.17) is 5.73 Å². The first kappa shape index (κ1) is 9.45. The van der Waals surface area contributed by atoms with Crippen LogP contribution in [0.3, 0.4) is 0 Å². The predicted molar refractivity (Wildman–Crippen MR) is 61.5 cm³/mol. The molecule has 2 aromatic rings. The van der Waals surface area contributed by atoms with Gasteiger partial charge in [0.25, 0.3) is 0 Å². The summed E-state index contributed by atoms with van der Waals surface area (Å²) >= 11 is 0. The van der Waals surface area contributed by atoms with Crippen molar-refractivity contribution in [2.75, 3.05) is 7.05 Å². The van der Waals surface area contributed by atoms with E-state index in [-0.39, 0.29) is 0 Å². The molecule has 0 unspecified atom stereocenters. The van der Waals surface area contributed by atoms with Crippen LogP contribution in [-0.4, -0.2) is 17.9 Å². The fourth-order valence-corrected chi connectivity index (χ4v) is 1.39. The quantitative estimate of drug-likeness (QED) is 0.433. The zero-order chi connectivity index (χ0) is 10.7. The molecule has 4 heteroatoms. The average Bonchev–Trinajstić information content (AvgIpc) is 2.29. The summed E-state index contributed by atoms with van der Waals surface area (Å²) in [6.45, 7) is 0. The van der Waals surface area contributed by atoms with Crippen LogP contribution in [0.15, 0.2) is 41.5 Å². The van der Waals surface area contributed by atoms with Crippen LogP contribution >= 0.6 is 0 Å². The topological polar surface area (TPSA) is 63.3 Å². The van der Waals surface area contributed by atoms with Gasteiger partial charge in [-0.25, -0.2) is 4.98 Å². The molecule has 1 aromatic heterocycles. The number of fused-ring (bicyclic) bond motifs is 1. The maximum atomic E-state index is 5.72. The highest BCUT2D eigenvalue weighted by Crippen LogP contribution is 2.11. The van der Waals surface area contributed by atoms with Crippen molar-refractivity contribution < 1.29 is 0 Å². The van der Waals surface area contributed by atoms with Crippen LogP contribution in [0.25, 0.3) is 10.9 Å². The molecule has 0 amide bonds. The number of para-hydroxylation sites is 1. The summed E-state index contributed by atoms with van der Waals surface area (Å²) in [6.07, 6.45) is 0. The van der Waals surface area contributed by atoms with Gasteiger partial charge >= 0.3 is 0 Å². The lowest BCUT2D eigenvalue weighted by Crippen LogP contribution is -2.18. The van der Waals surface area contributed by atoms with Gasteiger partial charge in [-0.3, -0.25) is 0 Å². The summed E-state index contributed by atoms with van der Waals surface area (Å²) in [5.74, 6) is 0.392. The van der Waals surface area contributed by atoms with Gasteiger partial charge in [-0.2, -0.15) is 5.10 Å². The van der Waals surface area contributed by atoms with Gasteiger partial charge in [0.05, 0.1) is 5.52 Å². The van der Waals surface area contributed by atoms with Crippen molar-refractivity contribution >= 4 is 16.7 Å². The van der Waals surface area contributed by atoms with Gasteiger partial charge in [0.15, 0.2) is 5.84 Å². The summed E-state index contributed by atoms with van der Waals surface area (Å²) < 4.78 is 0. The number of aromatic nitrogens is 1. The first-order chi connectivity index (χ1) is 7.31. The van der Waals surface area contributed by atoms with Gasteiger partial charge in [-0.05, 0) is 12.1 Å². The van der Waals surface area contributed by atoms with Gasteiger partial charge < -0.3 is 11.2 Å². The van der Waals surface area contributed by atoms with E-state index in [1.165, 1.54) is 0 Å². The minimum absolute atomic E-state index is 0.392. The van der Waals surface area contributed by atoms with E-state index < -0.39 is 0 Å². The number of hydrazone groups is 1. The largest absolute Gasteiger partial charge is 0.380 e. The van der Waals surface area contributed by atoms with Gasteiger partial charge in [-0.1, -0.05) is 24.3 Å². The van der Waals surface area contributed by atoms with Crippen LogP contribution in [-0.2, 0) is 0 Å². The van der Waals surface area contributed by atoms with Gasteiger partial charge in [0, 0.05) is 12.4 Å². The number of pyridine rings is 1. The Kier molecular flexibility index (Phi) is 2.49. The minimum Gasteiger partial charge on any atom is -0.380 e. The third-order valence-corrected chi connectivity index (χ3v) is 2.09. The molecular formula is C11H12N4. The fraction of sp³-hybridized carbons (Fsp3) is 0.0909. The van der Waals surface area contributed by atoms with E-state index in [1.807, 2.05) is 36.4 Å². The Hall–Kier alpha value is -2.10. The molecule has 1 aromatic carbocycles. The van der Waals surface area contributed by atoms with E-state index in [1.54, 1.807) is 7.05 Å². The second-order valence-corrected chi connectivity index (χ2v) is 3.11. The molecule has 0 aliphatic heterocycles. The Morgan fingerprint density at radius 2 is 2.07 bits per heavy atom. The number of nitrogens with one attached hydrogen (secondary N) is 1. The molecule has 3 N–H and O–H groups in total. The molecular weight excluding hydrogens is 188 g/mol. The molecule has 15 heavy (non-hydrogen) atoms. The Labute approximate surface area is 87.8 Å². The number of rotatable bonds is 2. The number of hydrogen-bond donors (Lipinski definition) is 2. The number of benzene rings is 1. The smallest absolute Gasteiger partial charge is 0.169 e. The van der Waals surface area contributed by atoms with Crippen molar-refractivity contribution in [3.63, 3.8) is 0 Å². The minimum atomic E-state index is 0.392. The molecule has 1 heterocycles. The van der Waals surface area contributed by atoms with Crippen LogP contribution in [0.5, 0.6) is 0 Å². The van der Waals surface area contributed by atoms with E-state index >= 15 is 0 Å². The van der Waals surface area contributed by atoms with Crippen molar-refractivity contribution in [2.45, 2.75) is 0 Å². The molecule has 0 aliphatic carbocycles. The number of amidine groups is 1. The highest BCUT2D eigenvalue weighted by Gasteiger charge is 2.01. The Morgan fingerprint density at radius 1 is 1.27 bits per heavy atom. The summed E-state index contributed by atoms with van der Waals surface area (Å²) in [7, 11) is 1.70. The number of hydrogen-bond acceptors (Lipinski definition) is 3. The first-order valence-corrected chi connectivity index (χ1v) is 4.67. The summed E-state index contributed by atoms with van der Waals surface area (Å²) in [4.78, 5) is 4.40. The van der Waals surface area contributed by atoms with Gasteiger partial charge in [0.1, 0.15) is 5.69 Å². The predicted octanol–water partition coefficient (Wildman–Crippen LogP) is 1.07. The molecule has 0 saturated carbocycles. The number of nitrogens with two attached hydrogens (primary N) is 1. The molecule has 0 fully saturated rings. The average molecular weight is 200 g/mol.